The topological polar surface area (TPSA) is 55.1 Å². The average Bonchev–Trinajstić information content (AvgIpc) is 2.42. The summed E-state index contributed by atoms with van der Waals surface area (Å²) in [7, 11) is 0. The number of carbonyl (C=O) groups excluding carboxylic acids is 1. The first kappa shape index (κ1) is 14.7. The van der Waals surface area contributed by atoms with Crippen molar-refractivity contribution in [2.45, 2.75) is 13.8 Å². The fraction of sp³-hybridized carbons (Fsp3) is 0.250. The van der Waals surface area contributed by atoms with Gasteiger partial charge in [-0.05, 0) is 49.3 Å². The molecule has 0 saturated heterocycles. The lowest BCUT2D eigenvalue weighted by atomic mass is 9.85. The first-order chi connectivity index (χ1) is 9.47. The minimum absolute atomic E-state index is 0.319. The van der Waals surface area contributed by atoms with E-state index in [0.717, 1.165) is 16.8 Å². The Bertz CT molecular complexity index is 573. The highest BCUT2D eigenvalue weighted by atomic mass is 35.5. The third kappa shape index (κ3) is 3.42. The summed E-state index contributed by atoms with van der Waals surface area (Å²) in [6, 6.07) is 7.53. The van der Waals surface area contributed by atoms with Gasteiger partial charge in [0.25, 0.3) is 0 Å². The van der Waals surface area contributed by atoms with E-state index in [-0.39, 0.29) is 11.8 Å². The third-order valence-electron chi connectivity index (χ3n) is 3.54. The normalized spacial score (nSPS) is 18.8. The van der Waals surface area contributed by atoms with Crippen molar-refractivity contribution < 1.29 is 4.79 Å². The van der Waals surface area contributed by atoms with Crippen LogP contribution >= 0.6 is 11.6 Å². The van der Waals surface area contributed by atoms with Crippen molar-refractivity contribution in [2.24, 2.45) is 11.7 Å². The summed E-state index contributed by atoms with van der Waals surface area (Å²) in [6.07, 6.45) is 3.83. The lowest BCUT2D eigenvalue weighted by Gasteiger charge is -2.22. The summed E-state index contributed by atoms with van der Waals surface area (Å²) in [5, 5.41) is 4.04. The number of halogens is 1. The van der Waals surface area contributed by atoms with Crippen LogP contribution in [0.25, 0.3) is 0 Å². The van der Waals surface area contributed by atoms with Crippen molar-refractivity contribution in [3.8, 4) is 0 Å². The van der Waals surface area contributed by atoms with E-state index in [4.69, 9.17) is 17.3 Å². The maximum atomic E-state index is 11.4. The number of carbonyl (C=O) groups is 1. The Hall–Kier alpha value is -1.74. The smallest absolute Gasteiger partial charge is 0.224 e. The molecule has 2 rings (SSSR count). The molecule has 1 unspecified atom stereocenters. The lowest BCUT2D eigenvalue weighted by molar-refractivity contribution is -0.119. The Morgan fingerprint density at radius 2 is 1.95 bits per heavy atom. The molecule has 0 aliphatic heterocycles. The number of allylic oxidation sites excluding steroid dienone is 1. The van der Waals surface area contributed by atoms with E-state index in [9.17, 15) is 4.79 Å². The number of anilines is 1. The molecular weight excluding hydrogens is 272 g/mol. The summed E-state index contributed by atoms with van der Waals surface area (Å²) in [5.41, 5.74) is 9.77. The maximum Gasteiger partial charge on any atom is 0.224 e. The van der Waals surface area contributed by atoms with Crippen LogP contribution < -0.4 is 11.1 Å². The molecular formula is C16H18ClN2O. The molecule has 3 N–H and O–H groups in total. The van der Waals surface area contributed by atoms with Gasteiger partial charge >= 0.3 is 0 Å². The molecule has 105 valence electrons. The molecule has 20 heavy (non-hydrogen) atoms. The summed E-state index contributed by atoms with van der Waals surface area (Å²) in [6.45, 7) is 4.71. The highest BCUT2D eigenvalue weighted by molar-refractivity contribution is 6.30. The Kier molecular flexibility index (Phi) is 4.50. The van der Waals surface area contributed by atoms with E-state index in [1.807, 2.05) is 43.7 Å². The van der Waals surface area contributed by atoms with Crippen LogP contribution in [-0.4, -0.2) is 12.5 Å². The number of nitrogens with two attached hydrogens (primary N) is 1. The zero-order chi connectivity index (χ0) is 14.7. The van der Waals surface area contributed by atoms with Gasteiger partial charge in [0.15, 0.2) is 0 Å². The van der Waals surface area contributed by atoms with E-state index < -0.39 is 0 Å². The molecule has 0 fully saturated rings. The third-order valence-corrected chi connectivity index (χ3v) is 3.79. The Morgan fingerprint density at radius 1 is 1.30 bits per heavy atom. The van der Waals surface area contributed by atoms with Crippen LogP contribution in [0.5, 0.6) is 0 Å². The number of amides is 1. The van der Waals surface area contributed by atoms with Gasteiger partial charge in [-0.1, -0.05) is 23.3 Å². The Morgan fingerprint density at radius 3 is 2.55 bits per heavy atom. The van der Waals surface area contributed by atoms with Gasteiger partial charge in [-0.15, -0.1) is 0 Å². The van der Waals surface area contributed by atoms with Gasteiger partial charge in [-0.2, -0.15) is 0 Å². The highest BCUT2D eigenvalue weighted by Crippen LogP contribution is 2.28. The van der Waals surface area contributed by atoms with Crippen LogP contribution in [-0.2, 0) is 4.79 Å². The molecule has 1 aliphatic carbocycles. The SMILES string of the molecule is CC1=C(C)C(CNc2ccc(Cl)cc2)=CC(C(N)=O)[CH]1. The summed E-state index contributed by atoms with van der Waals surface area (Å²) in [4.78, 5) is 11.4. The number of nitrogens with one attached hydrogen (secondary N) is 1. The average molecular weight is 290 g/mol. The molecule has 1 radical (unpaired) electrons. The van der Waals surface area contributed by atoms with Gasteiger partial charge in [0, 0.05) is 23.7 Å². The van der Waals surface area contributed by atoms with Crippen molar-refractivity contribution in [2.75, 3.05) is 11.9 Å². The van der Waals surface area contributed by atoms with Gasteiger partial charge < -0.3 is 11.1 Å². The lowest BCUT2D eigenvalue weighted by Crippen LogP contribution is -2.26. The van der Waals surface area contributed by atoms with E-state index >= 15 is 0 Å². The number of benzene rings is 1. The van der Waals surface area contributed by atoms with Crippen molar-refractivity contribution in [3.05, 3.63) is 58.5 Å². The fourth-order valence-electron chi connectivity index (χ4n) is 2.16. The molecule has 0 aromatic heterocycles. The molecule has 3 nitrogen and oxygen atoms in total. The predicted molar refractivity (Wildman–Crippen MR) is 83.4 cm³/mol. The quantitative estimate of drug-likeness (QED) is 0.893. The standard InChI is InChI=1S/C16H18ClN2O/c1-10-7-12(16(18)20)8-13(11(10)2)9-19-15-5-3-14(17)4-6-15/h3-8,12,19H,9H2,1-2H3,(H2,18,20). The van der Waals surface area contributed by atoms with Crippen molar-refractivity contribution in [1.82, 2.24) is 0 Å². The first-order valence-corrected chi connectivity index (χ1v) is 6.87. The van der Waals surface area contributed by atoms with Crippen molar-refractivity contribution >= 4 is 23.2 Å². The van der Waals surface area contributed by atoms with Gasteiger partial charge in [0.1, 0.15) is 0 Å². The first-order valence-electron chi connectivity index (χ1n) is 6.49. The number of primary amides is 1. The molecule has 1 aromatic carbocycles. The van der Waals surface area contributed by atoms with E-state index in [0.29, 0.717) is 11.6 Å². The highest BCUT2D eigenvalue weighted by Gasteiger charge is 2.21. The molecule has 0 saturated carbocycles. The Balaban J connectivity index is 2.10. The molecule has 1 atom stereocenters. The molecule has 0 spiro atoms. The second kappa shape index (κ2) is 6.14. The summed E-state index contributed by atoms with van der Waals surface area (Å²) < 4.78 is 0. The maximum absolute atomic E-state index is 11.4. The monoisotopic (exact) mass is 289 g/mol. The van der Waals surface area contributed by atoms with Gasteiger partial charge in [0.2, 0.25) is 5.91 Å². The fourth-order valence-corrected chi connectivity index (χ4v) is 2.28. The van der Waals surface area contributed by atoms with Crippen LogP contribution in [0, 0.1) is 12.3 Å². The Labute approximate surface area is 124 Å². The van der Waals surface area contributed by atoms with E-state index in [1.165, 1.54) is 5.57 Å². The van der Waals surface area contributed by atoms with E-state index in [1.54, 1.807) is 0 Å². The van der Waals surface area contributed by atoms with Crippen molar-refractivity contribution in [1.29, 1.82) is 0 Å². The van der Waals surface area contributed by atoms with Crippen LogP contribution in [0.2, 0.25) is 5.02 Å². The van der Waals surface area contributed by atoms with Gasteiger partial charge in [0.05, 0.1) is 5.92 Å². The molecule has 0 heterocycles. The van der Waals surface area contributed by atoms with Gasteiger partial charge in [-0.25, -0.2) is 0 Å². The number of rotatable bonds is 4. The summed E-state index contributed by atoms with van der Waals surface area (Å²) in [5.74, 6) is -0.637. The predicted octanol–water partition coefficient (Wildman–Crippen LogP) is 3.33. The van der Waals surface area contributed by atoms with E-state index in [2.05, 4.69) is 12.2 Å². The van der Waals surface area contributed by atoms with Crippen LogP contribution in [0.3, 0.4) is 0 Å². The second-order valence-electron chi connectivity index (χ2n) is 4.96. The van der Waals surface area contributed by atoms with Crippen LogP contribution in [0.1, 0.15) is 13.8 Å². The molecule has 1 aromatic rings. The molecule has 1 amide bonds. The van der Waals surface area contributed by atoms with Crippen LogP contribution in [0.4, 0.5) is 5.69 Å². The number of hydrogen-bond acceptors (Lipinski definition) is 2. The molecule has 1 aliphatic rings. The van der Waals surface area contributed by atoms with Crippen LogP contribution in [0.15, 0.2) is 47.1 Å². The second-order valence-corrected chi connectivity index (χ2v) is 5.39. The summed E-state index contributed by atoms with van der Waals surface area (Å²) >= 11 is 5.85. The largest absolute Gasteiger partial charge is 0.381 e. The van der Waals surface area contributed by atoms with Gasteiger partial charge in [-0.3, -0.25) is 4.79 Å². The zero-order valence-electron chi connectivity index (χ0n) is 11.6. The minimum Gasteiger partial charge on any atom is -0.381 e. The minimum atomic E-state index is -0.319. The zero-order valence-corrected chi connectivity index (χ0v) is 12.4. The van der Waals surface area contributed by atoms with Crippen molar-refractivity contribution in [3.63, 3.8) is 0 Å². The molecule has 0 bridgehead atoms. The molecule has 4 heteroatoms. The number of hydrogen-bond donors (Lipinski definition) is 2.